The Morgan fingerprint density at radius 2 is 2.23 bits per heavy atom. The van der Waals surface area contributed by atoms with Crippen molar-refractivity contribution in [1.29, 1.82) is 0 Å². The van der Waals surface area contributed by atoms with Crippen LogP contribution in [0.3, 0.4) is 0 Å². The molecule has 0 radical (unpaired) electrons. The second-order valence-corrected chi connectivity index (χ2v) is 4.13. The minimum absolute atomic E-state index is 0.737. The van der Waals surface area contributed by atoms with Gasteiger partial charge in [0.15, 0.2) is 0 Å². The molecular formula is C9H6ClIN2. The number of nitrogens with zero attached hydrogens (tertiary/aromatic N) is 2. The lowest BCUT2D eigenvalue weighted by molar-refractivity contribution is 1.06. The van der Waals surface area contributed by atoms with E-state index in [4.69, 9.17) is 11.6 Å². The molecule has 0 saturated carbocycles. The first kappa shape index (κ1) is 9.02. The van der Waals surface area contributed by atoms with Gasteiger partial charge in [-0.1, -0.05) is 17.7 Å². The van der Waals surface area contributed by atoms with Gasteiger partial charge in [0.2, 0.25) is 0 Å². The Bertz CT molecular complexity index is 425. The molecule has 0 N–H and O–H groups in total. The molecule has 1 aromatic carbocycles. The first-order valence-electron chi connectivity index (χ1n) is 3.71. The van der Waals surface area contributed by atoms with E-state index < -0.39 is 0 Å². The van der Waals surface area contributed by atoms with E-state index >= 15 is 0 Å². The third-order valence-corrected chi connectivity index (χ3v) is 2.45. The number of halogens is 2. The van der Waals surface area contributed by atoms with Gasteiger partial charge >= 0.3 is 0 Å². The molecule has 0 saturated heterocycles. The van der Waals surface area contributed by atoms with Gasteiger partial charge < -0.3 is 4.57 Å². The summed E-state index contributed by atoms with van der Waals surface area (Å²) in [4.78, 5) is 4.13. The van der Waals surface area contributed by atoms with E-state index in [1.165, 1.54) is 0 Å². The van der Waals surface area contributed by atoms with Crippen LogP contribution in [0.2, 0.25) is 5.02 Å². The maximum atomic E-state index is 5.87. The van der Waals surface area contributed by atoms with Crippen LogP contribution >= 0.6 is 34.2 Å². The zero-order chi connectivity index (χ0) is 9.26. The molecular weight excluding hydrogens is 298 g/mol. The lowest BCUT2D eigenvalue weighted by atomic mass is 10.3. The monoisotopic (exact) mass is 304 g/mol. The zero-order valence-electron chi connectivity index (χ0n) is 6.61. The van der Waals surface area contributed by atoms with E-state index in [0.717, 1.165) is 14.4 Å². The van der Waals surface area contributed by atoms with Crippen molar-refractivity contribution < 1.29 is 0 Å². The summed E-state index contributed by atoms with van der Waals surface area (Å²) in [5, 5.41) is 0.737. The van der Waals surface area contributed by atoms with E-state index in [-0.39, 0.29) is 0 Å². The van der Waals surface area contributed by atoms with Gasteiger partial charge in [-0.15, -0.1) is 0 Å². The van der Waals surface area contributed by atoms with Crippen molar-refractivity contribution in [3.63, 3.8) is 0 Å². The smallest absolute Gasteiger partial charge is 0.119 e. The first-order valence-corrected chi connectivity index (χ1v) is 5.17. The molecule has 0 aliphatic heterocycles. The maximum absolute atomic E-state index is 5.87. The average molecular weight is 305 g/mol. The molecule has 0 unspecified atom stereocenters. The maximum Gasteiger partial charge on any atom is 0.119 e. The Morgan fingerprint density at radius 1 is 1.38 bits per heavy atom. The van der Waals surface area contributed by atoms with Crippen molar-refractivity contribution in [2.75, 3.05) is 0 Å². The van der Waals surface area contributed by atoms with E-state index in [0.29, 0.717) is 0 Å². The highest BCUT2D eigenvalue weighted by atomic mass is 127. The molecule has 2 nitrogen and oxygen atoms in total. The summed E-state index contributed by atoms with van der Waals surface area (Å²) in [6.07, 6.45) is 3.72. The fraction of sp³-hybridized carbons (Fsp3) is 0. The van der Waals surface area contributed by atoms with Crippen molar-refractivity contribution in [3.05, 3.63) is 45.5 Å². The molecule has 1 heterocycles. The minimum Gasteiger partial charge on any atom is -0.305 e. The fourth-order valence-corrected chi connectivity index (χ4v) is 1.69. The van der Waals surface area contributed by atoms with Gasteiger partial charge in [-0.25, -0.2) is 4.98 Å². The predicted octanol–water partition coefficient (Wildman–Crippen LogP) is 3.13. The highest BCUT2D eigenvalue weighted by Gasteiger charge is 1.97. The number of hydrogen-bond donors (Lipinski definition) is 0. The van der Waals surface area contributed by atoms with Crippen LogP contribution in [-0.2, 0) is 0 Å². The highest BCUT2D eigenvalue weighted by molar-refractivity contribution is 14.1. The van der Waals surface area contributed by atoms with Gasteiger partial charge in [-0.3, -0.25) is 0 Å². The normalized spacial score (nSPS) is 10.3. The zero-order valence-corrected chi connectivity index (χ0v) is 9.53. The third kappa shape index (κ3) is 2.03. The standard InChI is InChI=1S/C9H6ClIN2/c10-7-2-1-3-8(4-7)13-5-9(11)12-6-13/h1-6H. The Morgan fingerprint density at radius 3 is 2.85 bits per heavy atom. The number of hydrogen-bond acceptors (Lipinski definition) is 1. The Hall–Kier alpha value is -0.550. The molecule has 0 amide bonds. The molecule has 0 fully saturated rings. The third-order valence-electron chi connectivity index (χ3n) is 1.66. The number of rotatable bonds is 1. The largest absolute Gasteiger partial charge is 0.305 e. The SMILES string of the molecule is Clc1cccc(-n2cnc(I)c2)c1. The van der Waals surface area contributed by atoms with Crippen LogP contribution < -0.4 is 0 Å². The van der Waals surface area contributed by atoms with Gasteiger partial charge in [0, 0.05) is 16.9 Å². The number of benzene rings is 1. The fourth-order valence-electron chi connectivity index (χ4n) is 1.08. The van der Waals surface area contributed by atoms with Crippen molar-refractivity contribution in [3.8, 4) is 5.69 Å². The summed E-state index contributed by atoms with van der Waals surface area (Å²) in [5.41, 5.74) is 1.03. The molecule has 0 bridgehead atoms. The summed E-state index contributed by atoms with van der Waals surface area (Å²) in [6, 6.07) is 7.67. The molecule has 0 atom stereocenters. The first-order chi connectivity index (χ1) is 6.25. The molecule has 4 heteroatoms. The number of aromatic nitrogens is 2. The van der Waals surface area contributed by atoms with Crippen LogP contribution in [0.15, 0.2) is 36.8 Å². The van der Waals surface area contributed by atoms with Gasteiger partial charge in [-0.2, -0.15) is 0 Å². The molecule has 13 heavy (non-hydrogen) atoms. The Kier molecular flexibility index (Phi) is 2.55. The van der Waals surface area contributed by atoms with Crippen LogP contribution in [-0.4, -0.2) is 9.55 Å². The van der Waals surface area contributed by atoms with E-state index in [9.17, 15) is 0 Å². The van der Waals surface area contributed by atoms with Crippen LogP contribution in [0.1, 0.15) is 0 Å². The van der Waals surface area contributed by atoms with E-state index in [1.54, 1.807) is 6.33 Å². The molecule has 1 aromatic heterocycles. The number of imidazole rings is 1. The lowest BCUT2D eigenvalue weighted by Gasteiger charge is -2.00. The van der Waals surface area contributed by atoms with Crippen molar-refractivity contribution >= 4 is 34.2 Å². The Balaban J connectivity index is 2.46. The van der Waals surface area contributed by atoms with Crippen LogP contribution in [0.4, 0.5) is 0 Å². The van der Waals surface area contributed by atoms with Crippen LogP contribution in [0.25, 0.3) is 5.69 Å². The highest BCUT2D eigenvalue weighted by Crippen LogP contribution is 2.15. The van der Waals surface area contributed by atoms with Crippen LogP contribution in [0, 0.1) is 3.70 Å². The molecule has 0 aliphatic rings. The van der Waals surface area contributed by atoms with Crippen molar-refractivity contribution in [1.82, 2.24) is 9.55 Å². The van der Waals surface area contributed by atoms with Crippen molar-refractivity contribution in [2.24, 2.45) is 0 Å². The minimum atomic E-state index is 0.737. The van der Waals surface area contributed by atoms with E-state index in [1.807, 2.05) is 35.0 Å². The summed E-state index contributed by atoms with van der Waals surface area (Å²) in [5.74, 6) is 0. The van der Waals surface area contributed by atoms with E-state index in [2.05, 4.69) is 27.6 Å². The van der Waals surface area contributed by atoms with Gasteiger partial charge in [0.1, 0.15) is 10.0 Å². The second-order valence-electron chi connectivity index (χ2n) is 2.58. The average Bonchev–Trinajstić information content (AvgIpc) is 2.52. The summed E-state index contributed by atoms with van der Waals surface area (Å²) in [7, 11) is 0. The molecule has 2 aromatic rings. The predicted molar refractivity (Wildman–Crippen MR) is 61.3 cm³/mol. The second kappa shape index (κ2) is 3.67. The molecule has 0 spiro atoms. The summed E-state index contributed by atoms with van der Waals surface area (Å²) < 4.78 is 2.91. The molecule has 2 rings (SSSR count). The summed E-state index contributed by atoms with van der Waals surface area (Å²) in [6.45, 7) is 0. The van der Waals surface area contributed by atoms with Gasteiger partial charge in [0.05, 0.1) is 0 Å². The quantitative estimate of drug-likeness (QED) is 0.740. The Labute approximate surface area is 94.7 Å². The lowest BCUT2D eigenvalue weighted by Crippen LogP contribution is -1.88. The van der Waals surface area contributed by atoms with Crippen molar-refractivity contribution in [2.45, 2.75) is 0 Å². The van der Waals surface area contributed by atoms with Gasteiger partial charge in [-0.05, 0) is 40.8 Å². The molecule has 66 valence electrons. The van der Waals surface area contributed by atoms with Gasteiger partial charge in [0.25, 0.3) is 0 Å². The van der Waals surface area contributed by atoms with Crippen LogP contribution in [0.5, 0.6) is 0 Å². The summed E-state index contributed by atoms with van der Waals surface area (Å²) >= 11 is 8.04. The topological polar surface area (TPSA) is 17.8 Å². The molecule has 0 aliphatic carbocycles.